The maximum Gasteiger partial charge on any atom is 0.253 e. The first-order chi connectivity index (χ1) is 12.3. The zero-order valence-corrected chi connectivity index (χ0v) is 16.7. The normalized spacial score (nSPS) is 11.8. The molecule has 3 rings (SSSR count). The van der Waals surface area contributed by atoms with Crippen molar-refractivity contribution < 1.29 is 4.52 Å². The smallest absolute Gasteiger partial charge is 0.253 e. The summed E-state index contributed by atoms with van der Waals surface area (Å²) in [7, 11) is 0. The Bertz CT molecular complexity index is 979. The van der Waals surface area contributed by atoms with Gasteiger partial charge in [0.15, 0.2) is 0 Å². The standard InChI is InChI=1S/C19H16Cl3N3O/c1-9-16(10(2)18(22)11(3)17(9)21)19-24-15(26-25-19)8-14(23)12-4-6-13(20)7-5-12/h4-8H,23H2,1-3H3/b14-8-. The average Bonchev–Trinajstić information content (AvgIpc) is 3.07. The minimum atomic E-state index is 0.291. The summed E-state index contributed by atoms with van der Waals surface area (Å²) in [6.45, 7) is 5.69. The minimum absolute atomic E-state index is 0.291. The van der Waals surface area contributed by atoms with Crippen molar-refractivity contribution in [3.63, 3.8) is 0 Å². The molecule has 0 aliphatic heterocycles. The van der Waals surface area contributed by atoms with Gasteiger partial charge in [0.25, 0.3) is 5.89 Å². The molecule has 2 N–H and O–H groups in total. The van der Waals surface area contributed by atoms with Gasteiger partial charge in [-0.2, -0.15) is 4.98 Å². The Morgan fingerprint density at radius 3 is 2.12 bits per heavy atom. The predicted molar refractivity (Wildman–Crippen MR) is 107 cm³/mol. The van der Waals surface area contributed by atoms with Crippen LogP contribution >= 0.6 is 34.8 Å². The largest absolute Gasteiger partial charge is 0.398 e. The molecule has 1 aromatic heterocycles. The van der Waals surface area contributed by atoms with Crippen molar-refractivity contribution in [3.05, 3.63) is 67.5 Å². The van der Waals surface area contributed by atoms with Gasteiger partial charge in [0, 0.05) is 32.4 Å². The lowest BCUT2D eigenvalue weighted by molar-refractivity contribution is 0.411. The molecule has 0 atom stereocenters. The predicted octanol–water partition coefficient (Wildman–Crippen LogP) is 6.08. The lowest BCUT2D eigenvalue weighted by Gasteiger charge is -2.13. The van der Waals surface area contributed by atoms with Crippen LogP contribution in [0.25, 0.3) is 23.2 Å². The minimum Gasteiger partial charge on any atom is -0.398 e. The molecule has 26 heavy (non-hydrogen) atoms. The highest BCUT2D eigenvalue weighted by Crippen LogP contribution is 2.38. The van der Waals surface area contributed by atoms with Crippen molar-refractivity contribution in [2.45, 2.75) is 20.8 Å². The van der Waals surface area contributed by atoms with Gasteiger partial charge >= 0.3 is 0 Å². The van der Waals surface area contributed by atoms with E-state index >= 15 is 0 Å². The van der Waals surface area contributed by atoms with E-state index in [4.69, 9.17) is 45.1 Å². The maximum absolute atomic E-state index is 6.38. The quantitative estimate of drug-likeness (QED) is 0.570. The molecule has 0 spiro atoms. The van der Waals surface area contributed by atoms with Gasteiger partial charge in [-0.1, -0.05) is 52.1 Å². The van der Waals surface area contributed by atoms with Crippen molar-refractivity contribution in [2.24, 2.45) is 5.73 Å². The fourth-order valence-electron chi connectivity index (χ4n) is 2.75. The van der Waals surface area contributed by atoms with E-state index in [0.717, 1.165) is 27.8 Å². The van der Waals surface area contributed by atoms with E-state index < -0.39 is 0 Å². The summed E-state index contributed by atoms with van der Waals surface area (Å²) in [5, 5.41) is 5.89. The first-order valence-electron chi connectivity index (χ1n) is 7.81. The monoisotopic (exact) mass is 407 g/mol. The van der Waals surface area contributed by atoms with Gasteiger partial charge in [0.1, 0.15) is 0 Å². The van der Waals surface area contributed by atoms with Crippen molar-refractivity contribution in [3.8, 4) is 11.4 Å². The van der Waals surface area contributed by atoms with Crippen molar-refractivity contribution in [2.75, 3.05) is 0 Å². The number of nitrogens with zero attached hydrogens (tertiary/aromatic N) is 2. The summed E-state index contributed by atoms with van der Waals surface area (Å²) in [6, 6.07) is 7.16. The number of hydrogen-bond acceptors (Lipinski definition) is 4. The van der Waals surface area contributed by atoms with Gasteiger partial charge in [-0.3, -0.25) is 0 Å². The Kier molecular flexibility index (Phi) is 5.28. The SMILES string of the molecule is Cc1c(Cl)c(C)c(-c2noc(/C=C(\N)c3ccc(Cl)cc3)n2)c(C)c1Cl. The molecule has 4 nitrogen and oxygen atoms in total. The molecule has 0 aliphatic carbocycles. The van der Waals surface area contributed by atoms with Crippen LogP contribution in [0.1, 0.15) is 28.1 Å². The van der Waals surface area contributed by atoms with E-state index in [1.54, 1.807) is 18.2 Å². The van der Waals surface area contributed by atoms with Gasteiger partial charge in [-0.15, -0.1) is 0 Å². The fraction of sp³-hybridized carbons (Fsp3) is 0.158. The van der Waals surface area contributed by atoms with E-state index in [1.807, 2.05) is 32.9 Å². The van der Waals surface area contributed by atoms with E-state index in [9.17, 15) is 0 Å². The van der Waals surface area contributed by atoms with Gasteiger partial charge in [-0.25, -0.2) is 0 Å². The molecule has 0 bridgehead atoms. The highest BCUT2D eigenvalue weighted by Gasteiger charge is 2.20. The topological polar surface area (TPSA) is 64.9 Å². The Hall–Kier alpha value is -2.01. The molecule has 3 aromatic rings. The van der Waals surface area contributed by atoms with Crippen molar-refractivity contribution >= 4 is 46.6 Å². The maximum atomic E-state index is 6.38. The molecular weight excluding hydrogens is 393 g/mol. The number of benzene rings is 2. The lowest BCUT2D eigenvalue weighted by Crippen LogP contribution is -1.97. The molecule has 0 radical (unpaired) electrons. The molecule has 7 heteroatoms. The van der Waals surface area contributed by atoms with Crippen LogP contribution in [0.4, 0.5) is 0 Å². The molecule has 0 aliphatic rings. The Morgan fingerprint density at radius 2 is 1.54 bits per heavy atom. The van der Waals surface area contributed by atoms with Crippen LogP contribution in [0.5, 0.6) is 0 Å². The average molecular weight is 409 g/mol. The number of aromatic nitrogens is 2. The van der Waals surface area contributed by atoms with Crippen LogP contribution < -0.4 is 5.73 Å². The zero-order valence-electron chi connectivity index (χ0n) is 14.4. The highest BCUT2D eigenvalue weighted by atomic mass is 35.5. The second kappa shape index (κ2) is 7.31. The molecule has 0 saturated heterocycles. The van der Waals surface area contributed by atoms with E-state index in [-0.39, 0.29) is 0 Å². The molecule has 2 aromatic carbocycles. The summed E-state index contributed by atoms with van der Waals surface area (Å²) >= 11 is 18.7. The molecule has 0 saturated carbocycles. The lowest BCUT2D eigenvalue weighted by atomic mass is 9.99. The summed E-state index contributed by atoms with van der Waals surface area (Å²) in [4.78, 5) is 4.42. The van der Waals surface area contributed by atoms with Crippen LogP contribution in [0.3, 0.4) is 0 Å². The van der Waals surface area contributed by atoms with Gasteiger partial charge in [0.2, 0.25) is 5.82 Å². The zero-order chi connectivity index (χ0) is 19.0. The molecule has 0 amide bonds. The van der Waals surface area contributed by atoms with Gasteiger partial charge in [0.05, 0.1) is 0 Å². The van der Waals surface area contributed by atoms with Crippen molar-refractivity contribution in [1.29, 1.82) is 0 Å². The summed E-state index contributed by atoms with van der Waals surface area (Å²) in [6.07, 6.45) is 1.61. The van der Waals surface area contributed by atoms with Crippen molar-refractivity contribution in [1.82, 2.24) is 10.1 Å². The fourth-order valence-corrected chi connectivity index (χ4v) is 3.30. The second-order valence-corrected chi connectivity index (χ2v) is 7.13. The Balaban J connectivity index is 2.01. The van der Waals surface area contributed by atoms with Crippen LogP contribution in [0.15, 0.2) is 28.8 Å². The van der Waals surface area contributed by atoms with E-state index in [2.05, 4.69) is 10.1 Å². The third-order valence-electron chi connectivity index (χ3n) is 4.19. The van der Waals surface area contributed by atoms with Crippen LogP contribution in [0, 0.1) is 20.8 Å². The Labute approximate surface area is 166 Å². The Morgan fingerprint density at radius 1 is 0.962 bits per heavy atom. The molecule has 0 fully saturated rings. The van der Waals surface area contributed by atoms with Gasteiger partial charge < -0.3 is 10.3 Å². The first-order valence-corrected chi connectivity index (χ1v) is 8.95. The van der Waals surface area contributed by atoms with Gasteiger partial charge in [-0.05, 0) is 55.2 Å². The summed E-state index contributed by atoms with van der Waals surface area (Å²) < 4.78 is 5.33. The van der Waals surface area contributed by atoms with E-state index in [0.29, 0.717) is 32.5 Å². The molecular formula is C19H16Cl3N3O. The highest BCUT2D eigenvalue weighted by molar-refractivity contribution is 6.37. The number of halogens is 3. The molecule has 134 valence electrons. The summed E-state index contributed by atoms with van der Waals surface area (Å²) in [5.74, 6) is 0.707. The number of nitrogens with two attached hydrogens (primary N) is 1. The number of rotatable bonds is 3. The third-order valence-corrected chi connectivity index (χ3v) is 5.57. The second-order valence-electron chi connectivity index (χ2n) is 5.94. The van der Waals surface area contributed by atoms with Crippen LogP contribution in [-0.4, -0.2) is 10.1 Å². The molecule has 0 unspecified atom stereocenters. The summed E-state index contributed by atoms with van der Waals surface area (Å²) in [5.41, 5.74) is 10.7. The van der Waals surface area contributed by atoms with Crippen LogP contribution in [-0.2, 0) is 0 Å². The molecule has 1 heterocycles. The third kappa shape index (κ3) is 3.45. The van der Waals surface area contributed by atoms with E-state index in [1.165, 1.54) is 0 Å². The van der Waals surface area contributed by atoms with Crippen LogP contribution in [0.2, 0.25) is 15.1 Å². The first kappa shape index (κ1) is 18.8. The number of hydrogen-bond donors (Lipinski definition) is 1.